The number of amides is 1. The van der Waals surface area contributed by atoms with E-state index in [-0.39, 0.29) is 23.6 Å². The summed E-state index contributed by atoms with van der Waals surface area (Å²) in [6.07, 6.45) is 4.71. The molecule has 2 fully saturated rings. The normalized spacial score (nSPS) is 26.3. The van der Waals surface area contributed by atoms with Crippen molar-refractivity contribution >= 4 is 5.91 Å². The van der Waals surface area contributed by atoms with Crippen molar-refractivity contribution in [3.63, 3.8) is 0 Å². The summed E-state index contributed by atoms with van der Waals surface area (Å²) in [5, 5.41) is 16.3. The van der Waals surface area contributed by atoms with Gasteiger partial charge in [-0.25, -0.2) is 4.98 Å². The summed E-state index contributed by atoms with van der Waals surface area (Å²) >= 11 is 0. The quantitative estimate of drug-likeness (QED) is 0.802. The molecule has 6 heteroatoms. The highest BCUT2D eigenvalue weighted by atomic mass is 16.4. The standard InChI is InChI=1S/C16H17N3O3/c20-13-4-2-1-3-10(13)14-8-17-16(22-14)15(21)19-12-7-9-5-6-11(12)18-9/h1-4,8-9,11-12,18,20H,5-7H2,(H,19,21). The van der Waals surface area contributed by atoms with Crippen LogP contribution in [0.2, 0.25) is 0 Å². The van der Waals surface area contributed by atoms with Crippen LogP contribution in [0.5, 0.6) is 5.75 Å². The van der Waals surface area contributed by atoms with Crippen molar-refractivity contribution in [2.45, 2.75) is 37.4 Å². The molecule has 6 nitrogen and oxygen atoms in total. The second-order valence-electron chi connectivity index (χ2n) is 5.91. The van der Waals surface area contributed by atoms with Gasteiger partial charge in [0.1, 0.15) is 5.75 Å². The fourth-order valence-corrected chi connectivity index (χ4v) is 3.40. The first-order valence-corrected chi connectivity index (χ1v) is 7.52. The Bertz CT molecular complexity index is 712. The number of benzene rings is 1. The Morgan fingerprint density at radius 1 is 1.36 bits per heavy atom. The number of phenolic OH excluding ortho intramolecular Hbond substituents is 1. The zero-order valence-corrected chi connectivity index (χ0v) is 12.0. The van der Waals surface area contributed by atoms with Gasteiger partial charge < -0.3 is 20.2 Å². The molecule has 2 aromatic rings. The minimum atomic E-state index is -0.305. The average molecular weight is 299 g/mol. The summed E-state index contributed by atoms with van der Waals surface area (Å²) in [7, 11) is 0. The van der Waals surface area contributed by atoms with Crippen molar-refractivity contribution in [1.82, 2.24) is 15.6 Å². The van der Waals surface area contributed by atoms with E-state index in [1.165, 1.54) is 12.6 Å². The highest BCUT2D eigenvalue weighted by molar-refractivity contribution is 5.90. The predicted molar refractivity (Wildman–Crippen MR) is 79.4 cm³/mol. The zero-order valence-electron chi connectivity index (χ0n) is 12.0. The molecule has 0 spiro atoms. The van der Waals surface area contributed by atoms with Crippen LogP contribution in [-0.4, -0.2) is 34.1 Å². The first-order valence-electron chi connectivity index (χ1n) is 7.52. The minimum Gasteiger partial charge on any atom is -0.507 e. The lowest BCUT2D eigenvalue weighted by Crippen LogP contribution is -2.43. The van der Waals surface area contributed by atoms with Crippen molar-refractivity contribution < 1.29 is 14.3 Å². The molecule has 3 heterocycles. The number of carbonyl (C=O) groups excluding carboxylic acids is 1. The number of para-hydroxylation sites is 1. The first-order chi connectivity index (χ1) is 10.7. The summed E-state index contributed by atoms with van der Waals surface area (Å²) in [4.78, 5) is 16.3. The topological polar surface area (TPSA) is 87.4 Å². The number of nitrogens with zero attached hydrogens (tertiary/aromatic N) is 1. The maximum absolute atomic E-state index is 12.2. The fourth-order valence-electron chi connectivity index (χ4n) is 3.40. The summed E-state index contributed by atoms with van der Waals surface area (Å²) in [6.45, 7) is 0. The molecule has 114 valence electrons. The van der Waals surface area contributed by atoms with Crippen LogP contribution in [0.15, 0.2) is 34.9 Å². The van der Waals surface area contributed by atoms with E-state index in [1.807, 2.05) is 0 Å². The maximum atomic E-state index is 12.2. The predicted octanol–water partition coefficient (Wildman–Crippen LogP) is 1.67. The van der Waals surface area contributed by atoms with E-state index in [0.29, 0.717) is 23.4 Å². The average Bonchev–Trinajstić information content (AvgIpc) is 3.24. The number of hydrogen-bond acceptors (Lipinski definition) is 5. The fraction of sp³-hybridized carbons (Fsp3) is 0.375. The number of fused-ring (bicyclic) bond motifs is 2. The molecule has 0 radical (unpaired) electrons. The molecule has 1 aromatic carbocycles. The SMILES string of the molecule is O=C(NC1CC2CCC1N2)c1ncc(-c2ccccc2O)o1. The maximum Gasteiger partial charge on any atom is 0.307 e. The summed E-state index contributed by atoms with van der Waals surface area (Å²) < 4.78 is 5.50. The number of phenols is 1. The highest BCUT2D eigenvalue weighted by Gasteiger charge is 2.40. The van der Waals surface area contributed by atoms with Crippen molar-refractivity contribution in [3.8, 4) is 17.1 Å². The third-order valence-corrected chi connectivity index (χ3v) is 4.49. The molecule has 22 heavy (non-hydrogen) atoms. The second-order valence-corrected chi connectivity index (χ2v) is 5.91. The third kappa shape index (κ3) is 2.25. The second kappa shape index (κ2) is 5.14. The van der Waals surface area contributed by atoms with Gasteiger partial charge in [0.2, 0.25) is 0 Å². The molecular formula is C16H17N3O3. The number of oxazole rings is 1. The Morgan fingerprint density at radius 3 is 2.95 bits per heavy atom. The van der Waals surface area contributed by atoms with E-state index in [0.717, 1.165) is 12.8 Å². The third-order valence-electron chi connectivity index (χ3n) is 4.49. The number of hydrogen-bond donors (Lipinski definition) is 3. The molecule has 3 atom stereocenters. The molecule has 0 saturated carbocycles. The molecule has 3 unspecified atom stereocenters. The Balaban J connectivity index is 1.49. The molecule has 0 aliphatic carbocycles. The minimum absolute atomic E-state index is 0.0287. The van der Waals surface area contributed by atoms with Crippen molar-refractivity contribution in [1.29, 1.82) is 0 Å². The number of nitrogens with one attached hydrogen (secondary N) is 2. The van der Waals surface area contributed by atoms with Crippen molar-refractivity contribution in [2.75, 3.05) is 0 Å². The Kier molecular flexibility index (Phi) is 3.11. The number of rotatable bonds is 3. The van der Waals surface area contributed by atoms with Gasteiger partial charge in [0.05, 0.1) is 11.8 Å². The van der Waals surface area contributed by atoms with Gasteiger partial charge in [0.15, 0.2) is 5.76 Å². The molecule has 2 saturated heterocycles. The van der Waals surface area contributed by atoms with Gasteiger partial charge in [0.25, 0.3) is 5.89 Å². The molecule has 4 rings (SSSR count). The van der Waals surface area contributed by atoms with Crippen molar-refractivity contribution in [3.05, 3.63) is 36.4 Å². The van der Waals surface area contributed by atoms with E-state index in [2.05, 4.69) is 15.6 Å². The lowest BCUT2D eigenvalue weighted by Gasteiger charge is -2.20. The summed E-state index contributed by atoms with van der Waals surface area (Å²) in [5.74, 6) is 0.208. The molecule has 3 N–H and O–H groups in total. The first kappa shape index (κ1) is 13.3. The number of aromatic nitrogens is 1. The lowest BCUT2D eigenvalue weighted by atomic mass is 9.95. The van der Waals surface area contributed by atoms with Crippen LogP contribution in [0, 0.1) is 0 Å². The Labute approximate surface area is 127 Å². The molecule has 2 aliphatic rings. The molecule has 2 aliphatic heterocycles. The van der Waals surface area contributed by atoms with Gasteiger partial charge in [-0.15, -0.1) is 0 Å². The van der Waals surface area contributed by atoms with E-state index < -0.39 is 0 Å². The van der Waals surface area contributed by atoms with E-state index in [9.17, 15) is 9.90 Å². The summed E-state index contributed by atoms with van der Waals surface area (Å²) in [6, 6.07) is 7.84. The van der Waals surface area contributed by atoms with Crippen LogP contribution in [0.4, 0.5) is 0 Å². The van der Waals surface area contributed by atoms with Gasteiger partial charge >= 0.3 is 5.91 Å². The van der Waals surface area contributed by atoms with Crippen LogP contribution < -0.4 is 10.6 Å². The van der Waals surface area contributed by atoms with E-state index in [1.54, 1.807) is 24.3 Å². The van der Waals surface area contributed by atoms with Gasteiger partial charge in [0, 0.05) is 18.1 Å². The zero-order chi connectivity index (χ0) is 15.1. The van der Waals surface area contributed by atoms with E-state index >= 15 is 0 Å². The molecule has 1 amide bonds. The van der Waals surface area contributed by atoms with Crippen LogP contribution in [0.3, 0.4) is 0 Å². The van der Waals surface area contributed by atoms with Gasteiger partial charge in [-0.2, -0.15) is 0 Å². The Morgan fingerprint density at radius 2 is 2.23 bits per heavy atom. The van der Waals surface area contributed by atoms with Gasteiger partial charge in [-0.05, 0) is 31.4 Å². The van der Waals surface area contributed by atoms with Gasteiger partial charge in [-0.1, -0.05) is 12.1 Å². The van der Waals surface area contributed by atoms with Crippen LogP contribution in [0.1, 0.15) is 29.9 Å². The molecular weight excluding hydrogens is 282 g/mol. The largest absolute Gasteiger partial charge is 0.507 e. The van der Waals surface area contributed by atoms with Crippen LogP contribution >= 0.6 is 0 Å². The van der Waals surface area contributed by atoms with Crippen LogP contribution in [0.25, 0.3) is 11.3 Å². The van der Waals surface area contributed by atoms with E-state index in [4.69, 9.17) is 4.42 Å². The molecule has 1 aromatic heterocycles. The highest BCUT2D eigenvalue weighted by Crippen LogP contribution is 2.30. The summed E-state index contributed by atoms with van der Waals surface area (Å²) in [5.41, 5.74) is 0.524. The number of aromatic hydroxyl groups is 1. The number of carbonyl (C=O) groups is 1. The van der Waals surface area contributed by atoms with Crippen molar-refractivity contribution in [2.24, 2.45) is 0 Å². The molecule has 2 bridgehead atoms. The Hall–Kier alpha value is -2.34. The smallest absolute Gasteiger partial charge is 0.307 e. The monoisotopic (exact) mass is 299 g/mol. The lowest BCUT2D eigenvalue weighted by molar-refractivity contribution is 0.0896. The van der Waals surface area contributed by atoms with Crippen LogP contribution in [-0.2, 0) is 0 Å². The van der Waals surface area contributed by atoms with Gasteiger partial charge in [-0.3, -0.25) is 4.79 Å².